The number of aliphatic hydroxyl groups is 1. The highest BCUT2D eigenvalue weighted by atomic mass is 32.2. The SMILES string of the molecule is C#C\C(O)=C/C=C(C)/C(=C1\C=CC(=O)C=C1C)c1ccccc1S(=O)(=O)O. The third-order valence-corrected chi connectivity index (χ3v) is 4.85. The summed E-state index contributed by atoms with van der Waals surface area (Å²) < 4.78 is 33.3. The fourth-order valence-electron chi connectivity index (χ4n) is 2.72. The number of allylic oxidation sites excluding steroid dienone is 10. The van der Waals surface area contributed by atoms with Crippen LogP contribution in [0.15, 0.2) is 82.0 Å². The second-order valence-corrected chi connectivity index (χ2v) is 7.26. The van der Waals surface area contributed by atoms with E-state index in [0.29, 0.717) is 22.3 Å². The molecule has 6 heteroatoms. The molecule has 0 atom stereocenters. The molecular formula is C21H18O5S. The molecule has 0 fully saturated rings. The van der Waals surface area contributed by atoms with E-state index in [4.69, 9.17) is 6.42 Å². The van der Waals surface area contributed by atoms with Crippen LogP contribution >= 0.6 is 0 Å². The Bertz CT molecular complexity index is 1090. The lowest BCUT2D eigenvalue weighted by molar-refractivity contribution is -0.110. The van der Waals surface area contributed by atoms with E-state index in [9.17, 15) is 22.9 Å². The minimum Gasteiger partial charge on any atom is -0.501 e. The molecule has 0 amide bonds. The quantitative estimate of drug-likeness (QED) is 0.358. The Kier molecular flexibility index (Phi) is 6.01. The zero-order valence-corrected chi connectivity index (χ0v) is 15.6. The van der Waals surface area contributed by atoms with Crippen molar-refractivity contribution in [3.63, 3.8) is 0 Å². The smallest absolute Gasteiger partial charge is 0.295 e. The molecule has 1 aromatic rings. The van der Waals surface area contributed by atoms with Crippen molar-refractivity contribution in [1.29, 1.82) is 0 Å². The summed E-state index contributed by atoms with van der Waals surface area (Å²) in [4.78, 5) is 11.4. The number of carbonyl (C=O) groups excluding carboxylic acids is 1. The Morgan fingerprint density at radius 2 is 1.85 bits per heavy atom. The van der Waals surface area contributed by atoms with Crippen LogP contribution in [0.1, 0.15) is 19.4 Å². The largest absolute Gasteiger partial charge is 0.501 e. The molecule has 0 saturated carbocycles. The van der Waals surface area contributed by atoms with Crippen molar-refractivity contribution in [3.05, 3.63) is 82.7 Å². The average Bonchev–Trinajstić information content (AvgIpc) is 2.61. The fraction of sp³-hybridized carbons (Fsp3) is 0.0952. The van der Waals surface area contributed by atoms with E-state index in [-0.39, 0.29) is 22.0 Å². The summed E-state index contributed by atoms with van der Waals surface area (Å²) in [6, 6.07) is 6.00. The van der Waals surface area contributed by atoms with Crippen LogP contribution in [0.5, 0.6) is 0 Å². The summed E-state index contributed by atoms with van der Waals surface area (Å²) in [6.07, 6.45) is 12.4. The molecule has 0 spiro atoms. The lowest BCUT2D eigenvalue weighted by Crippen LogP contribution is -2.06. The number of aliphatic hydroxyl groups excluding tert-OH is 1. The van der Waals surface area contributed by atoms with Crippen LogP contribution in [0.4, 0.5) is 0 Å². The van der Waals surface area contributed by atoms with Gasteiger partial charge >= 0.3 is 0 Å². The maximum atomic E-state index is 11.9. The minimum atomic E-state index is -4.48. The van der Waals surface area contributed by atoms with Gasteiger partial charge in [0.05, 0.1) is 0 Å². The molecule has 0 radical (unpaired) electrons. The third-order valence-electron chi connectivity index (χ3n) is 3.93. The van der Waals surface area contributed by atoms with Crippen LogP contribution in [0, 0.1) is 12.3 Å². The van der Waals surface area contributed by atoms with Crippen LogP contribution in [0.3, 0.4) is 0 Å². The highest BCUT2D eigenvalue weighted by Crippen LogP contribution is 2.35. The Balaban J connectivity index is 2.87. The van der Waals surface area contributed by atoms with Gasteiger partial charge in [0.15, 0.2) is 11.5 Å². The molecular weight excluding hydrogens is 364 g/mol. The van der Waals surface area contributed by atoms with Crippen molar-refractivity contribution in [1.82, 2.24) is 0 Å². The van der Waals surface area contributed by atoms with Crippen LogP contribution in [0.25, 0.3) is 5.57 Å². The normalized spacial score (nSPS) is 17.4. The third kappa shape index (κ3) is 4.73. The van der Waals surface area contributed by atoms with E-state index in [1.807, 2.05) is 0 Å². The van der Waals surface area contributed by atoms with E-state index in [0.717, 1.165) is 0 Å². The Labute approximate surface area is 158 Å². The first-order valence-corrected chi connectivity index (χ1v) is 9.35. The molecule has 5 nitrogen and oxygen atoms in total. The van der Waals surface area contributed by atoms with Crippen molar-refractivity contribution in [3.8, 4) is 12.3 Å². The molecule has 0 bridgehead atoms. The standard InChI is InChI=1S/C21H18O5S/c1-4-16(22)10-9-14(2)21(18-12-11-17(23)13-15(18)3)19-7-5-6-8-20(19)27(24,25)26/h1,5-13,22H,2-3H3,(H,24,25,26)/b14-9+,16-10+,21-18-. The zero-order valence-electron chi connectivity index (χ0n) is 14.8. The number of carbonyl (C=O) groups is 1. The van der Waals surface area contributed by atoms with E-state index >= 15 is 0 Å². The fourth-order valence-corrected chi connectivity index (χ4v) is 3.42. The highest BCUT2D eigenvalue weighted by molar-refractivity contribution is 7.86. The van der Waals surface area contributed by atoms with E-state index < -0.39 is 10.1 Å². The van der Waals surface area contributed by atoms with Crippen molar-refractivity contribution in [2.24, 2.45) is 0 Å². The van der Waals surface area contributed by atoms with Gasteiger partial charge in [0.1, 0.15) is 4.90 Å². The van der Waals surface area contributed by atoms with Crippen LogP contribution in [0.2, 0.25) is 0 Å². The Morgan fingerprint density at radius 1 is 1.19 bits per heavy atom. The number of rotatable bonds is 4. The average molecular weight is 382 g/mol. The lowest BCUT2D eigenvalue weighted by Gasteiger charge is -2.18. The second-order valence-electron chi connectivity index (χ2n) is 5.87. The first-order chi connectivity index (χ1) is 12.6. The van der Waals surface area contributed by atoms with Gasteiger partial charge in [-0.25, -0.2) is 0 Å². The maximum Gasteiger partial charge on any atom is 0.295 e. The summed E-state index contributed by atoms with van der Waals surface area (Å²) >= 11 is 0. The number of benzene rings is 1. The zero-order chi connectivity index (χ0) is 20.2. The molecule has 1 aliphatic carbocycles. The molecule has 0 aliphatic heterocycles. The Hall–Kier alpha value is -3.14. The monoisotopic (exact) mass is 382 g/mol. The van der Waals surface area contributed by atoms with Crippen molar-refractivity contribution >= 4 is 21.5 Å². The number of hydrogen-bond acceptors (Lipinski definition) is 4. The lowest BCUT2D eigenvalue weighted by atomic mass is 9.87. The summed E-state index contributed by atoms with van der Waals surface area (Å²) in [5.74, 6) is 1.61. The second kappa shape index (κ2) is 8.04. The summed E-state index contributed by atoms with van der Waals surface area (Å²) in [6.45, 7) is 3.44. The minimum absolute atomic E-state index is 0.176. The molecule has 1 aromatic carbocycles. The molecule has 0 aromatic heterocycles. The number of ketones is 1. The predicted octanol–water partition coefficient (Wildman–Crippen LogP) is 3.79. The van der Waals surface area contributed by atoms with E-state index in [1.54, 1.807) is 32.1 Å². The van der Waals surface area contributed by atoms with E-state index in [2.05, 4.69) is 5.92 Å². The van der Waals surface area contributed by atoms with Gasteiger partial charge in [-0.1, -0.05) is 30.4 Å². The summed E-state index contributed by atoms with van der Waals surface area (Å²) in [5, 5.41) is 9.50. The van der Waals surface area contributed by atoms with Gasteiger partial charge in [-0.2, -0.15) is 8.42 Å². The maximum absolute atomic E-state index is 11.9. The van der Waals surface area contributed by atoms with Crippen molar-refractivity contribution in [2.45, 2.75) is 18.7 Å². The van der Waals surface area contributed by atoms with Crippen molar-refractivity contribution < 1.29 is 22.9 Å². The van der Waals surface area contributed by atoms with E-state index in [1.165, 1.54) is 36.4 Å². The van der Waals surface area contributed by atoms with Crippen LogP contribution in [-0.2, 0) is 14.9 Å². The molecule has 1 aliphatic rings. The van der Waals surface area contributed by atoms with Gasteiger partial charge in [0, 0.05) is 5.56 Å². The summed E-state index contributed by atoms with van der Waals surface area (Å²) in [5.41, 5.74) is 2.59. The first-order valence-electron chi connectivity index (χ1n) is 7.91. The molecule has 0 unspecified atom stereocenters. The van der Waals surface area contributed by atoms with Gasteiger partial charge in [-0.15, -0.1) is 6.42 Å². The number of hydrogen-bond donors (Lipinski definition) is 2. The summed E-state index contributed by atoms with van der Waals surface area (Å²) in [7, 11) is -4.48. The molecule has 138 valence electrons. The van der Waals surface area contributed by atoms with Crippen molar-refractivity contribution in [2.75, 3.05) is 0 Å². The molecule has 27 heavy (non-hydrogen) atoms. The molecule has 0 saturated heterocycles. The van der Waals surface area contributed by atoms with Gasteiger partial charge in [0.2, 0.25) is 0 Å². The Morgan fingerprint density at radius 3 is 2.44 bits per heavy atom. The van der Waals surface area contributed by atoms with Gasteiger partial charge in [-0.3, -0.25) is 9.35 Å². The van der Waals surface area contributed by atoms with Gasteiger partial charge in [-0.05, 0) is 66.4 Å². The number of terminal acetylenes is 1. The van der Waals surface area contributed by atoms with Crippen LogP contribution in [-0.4, -0.2) is 23.9 Å². The van der Waals surface area contributed by atoms with Gasteiger partial charge in [0.25, 0.3) is 10.1 Å². The first kappa shape index (κ1) is 20.2. The highest BCUT2D eigenvalue weighted by Gasteiger charge is 2.22. The topological polar surface area (TPSA) is 91.7 Å². The molecule has 2 rings (SSSR count). The molecule has 0 heterocycles. The van der Waals surface area contributed by atoms with Crippen LogP contribution < -0.4 is 0 Å². The predicted molar refractivity (Wildman–Crippen MR) is 104 cm³/mol. The molecule has 2 N–H and O–H groups in total. The van der Waals surface area contributed by atoms with Gasteiger partial charge < -0.3 is 5.11 Å².